The second-order valence-corrected chi connectivity index (χ2v) is 7.19. The molecule has 0 unspecified atom stereocenters. The number of nitrogens with one attached hydrogen (secondary N) is 1. The van der Waals surface area contributed by atoms with Gasteiger partial charge in [-0.25, -0.2) is 10.4 Å². The molecule has 3 aromatic carbocycles. The van der Waals surface area contributed by atoms with Crippen molar-refractivity contribution in [3.8, 4) is 17.0 Å². The molecule has 0 spiro atoms. The highest BCUT2D eigenvalue weighted by atomic mass is 16.5. The highest BCUT2D eigenvalue weighted by molar-refractivity contribution is 6.08. The van der Waals surface area contributed by atoms with Gasteiger partial charge >= 0.3 is 5.97 Å². The summed E-state index contributed by atoms with van der Waals surface area (Å²) in [6.45, 7) is 3.14. The lowest BCUT2D eigenvalue weighted by Crippen LogP contribution is -2.20. The Balaban J connectivity index is 1.61. The standard InChI is InChI=1S/C26H21N3O3/c1-17(19-12-14-21(15-13-19)32-18(2)30)28-29-26(31)23-16-25(20-8-4-3-5-9-20)27-24-11-7-6-10-22(23)24/h3-16H,1-2H3,(H,29,31). The fourth-order valence-corrected chi connectivity index (χ4v) is 3.31. The van der Waals surface area contributed by atoms with Gasteiger partial charge in [-0.15, -0.1) is 0 Å². The fourth-order valence-electron chi connectivity index (χ4n) is 3.31. The van der Waals surface area contributed by atoms with Crippen LogP contribution in [0.25, 0.3) is 22.2 Å². The van der Waals surface area contributed by atoms with Crippen molar-refractivity contribution in [3.05, 3.63) is 96.1 Å². The minimum absolute atomic E-state index is 0.323. The normalized spacial score (nSPS) is 11.2. The van der Waals surface area contributed by atoms with Gasteiger partial charge in [0.25, 0.3) is 5.91 Å². The van der Waals surface area contributed by atoms with Crippen molar-refractivity contribution in [2.75, 3.05) is 0 Å². The van der Waals surface area contributed by atoms with E-state index in [1.54, 1.807) is 37.3 Å². The van der Waals surface area contributed by atoms with Crippen LogP contribution in [0.1, 0.15) is 29.8 Å². The van der Waals surface area contributed by atoms with E-state index in [4.69, 9.17) is 9.72 Å². The summed E-state index contributed by atoms with van der Waals surface area (Å²) < 4.78 is 5.04. The molecule has 0 atom stereocenters. The van der Waals surface area contributed by atoms with Gasteiger partial charge < -0.3 is 4.74 Å². The first kappa shape index (κ1) is 20.9. The molecule has 0 aliphatic heterocycles. The van der Waals surface area contributed by atoms with Crippen molar-refractivity contribution in [2.24, 2.45) is 5.10 Å². The maximum absolute atomic E-state index is 13.0. The minimum Gasteiger partial charge on any atom is -0.427 e. The SMILES string of the molecule is CC(=O)Oc1ccc(C(C)=NNC(=O)c2cc(-c3ccccc3)nc3ccccc23)cc1. The number of benzene rings is 3. The molecule has 1 N–H and O–H groups in total. The zero-order chi connectivity index (χ0) is 22.5. The summed E-state index contributed by atoms with van der Waals surface area (Å²) in [5.41, 5.74) is 6.95. The third kappa shape index (κ3) is 4.70. The first-order valence-corrected chi connectivity index (χ1v) is 10.1. The molecule has 32 heavy (non-hydrogen) atoms. The smallest absolute Gasteiger partial charge is 0.308 e. The number of ether oxygens (including phenoxy) is 1. The maximum atomic E-state index is 13.0. The van der Waals surface area contributed by atoms with Crippen LogP contribution in [0.5, 0.6) is 5.75 Å². The predicted octanol–water partition coefficient (Wildman–Crippen LogP) is 4.98. The van der Waals surface area contributed by atoms with Crippen molar-refractivity contribution in [1.29, 1.82) is 0 Å². The Morgan fingerprint density at radius 1 is 0.875 bits per heavy atom. The molecule has 1 heterocycles. The van der Waals surface area contributed by atoms with E-state index in [1.165, 1.54) is 6.92 Å². The molecule has 0 saturated heterocycles. The van der Waals surface area contributed by atoms with Crippen molar-refractivity contribution < 1.29 is 14.3 Å². The Morgan fingerprint density at radius 3 is 2.28 bits per heavy atom. The van der Waals surface area contributed by atoms with Crippen molar-refractivity contribution in [2.45, 2.75) is 13.8 Å². The molecule has 6 heteroatoms. The van der Waals surface area contributed by atoms with Gasteiger partial charge in [-0.2, -0.15) is 5.10 Å². The molecule has 0 saturated carbocycles. The van der Waals surface area contributed by atoms with E-state index in [-0.39, 0.29) is 11.9 Å². The third-order valence-corrected chi connectivity index (χ3v) is 4.89. The molecule has 0 fully saturated rings. The number of hydrazone groups is 1. The molecule has 6 nitrogen and oxygen atoms in total. The van der Waals surface area contributed by atoms with E-state index < -0.39 is 0 Å². The number of nitrogens with zero attached hydrogens (tertiary/aromatic N) is 2. The second kappa shape index (κ2) is 9.22. The minimum atomic E-state index is -0.380. The summed E-state index contributed by atoms with van der Waals surface area (Å²) in [6.07, 6.45) is 0. The number of carbonyl (C=O) groups excluding carboxylic acids is 2. The van der Waals surface area contributed by atoms with E-state index in [0.717, 1.165) is 27.7 Å². The van der Waals surface area contributed by atoms with E-state index in [1.807, 2.05) is 54.6 Å². The van der Waals surface area contributed by atoms with Gasteiger partial charge in [-0.05, 0) is 48.9 Å². The van der Waals surface area contributed by atoms with E-state index in [9.17, 15) is 9.59 Å². The van der Waals surface area contributed by atoms with Crippen LogP contribution in [-0.4, -0.2) is 22.6 Å². The summed E-state index contributed by atoms with van der Waals surface area (Å²) in [4.78, 5) is 28.8. The zero-order valence-corrected chi connectivity index (χ0v) is 17.7. The molecule has 1 aromatic heterocycles. The van der Waals surface area contributed by atoms with Gasteiger partial charge in [0.1, 0.15) is 5.75 Å². The summed E-state index contributed by atoms with van der Waals surface area (Å²) in [5, 5.41) is 5.01. The lowest BCUT2D eigenvalue weighted by atomic mass is 10.0. The Labute approximate surface area is 185 Å². The van der Waals surface area contributed by atoms with Crippen LogP contribution in [0.2, 0.25) is 0 Å². The summed E-state index contributed by atoms with van der Waals surface area (Å²) >= 11 is 0. The quantitative estimate of drug-likeness (QED) is 0.212. The number of pyridine rings is 1. The topological polar surface area (TPSA) is 80.6 Å². The highest BCUT2D eigenvalue weighted by Gasteiger charge is 2.14. The monoisotopic (exact) mass is 423 g/mol. The average Bonchev–Trinajstić information content (AvgIpc) is 2.82. The number of fused-ring (bicyclic) bond motifs is 1. The fraction of sp³-hybridized carbons (Fsp3) is 0.0769. The number of hydrogen-bond acceptors (Lipinski definition) is 5. The highest BCUT2D eigenvalue weighted by Crippen LogP contribution is 2.24. The van der Waals surface area contributed by atoms with E-state index >= 15 is 0 Å². The van der Waals surface area contributed by atoms with Gasteiger partial charge in [-0.3, -0.25) is 9.59 Å². The number of amides is 1. The summed E-state index contributed by atoms with van der Waals surface area (Å²) in [6, 6.07) is 26.0. The molecule has 1 amide bonds. The summed E-state index contributed by atoms with van der Waals surface area (Å²) in [5.74, 6) is -0.249. The van der Waals surface area contributed by atoms with Crippen LogP contribution < -0.4 is 10.2 Å². The largest absolute Gasteiger partial charge is 0.427 e. The van der Waals surface area contributed by atoms with Crippen LogP contribution in [-0.2, 0) is 4.79 Å². The number of aromatic nitrogens is 1. The number of para-hydroxylation sites is 1. The van der Waals surface area contributed by atoms with Gasteiger partial charge in [-0.1, -0.05) is 48.5 Å². The Hall–Kier alpha value is -4.32. The lowest BCUT2D eigenvalue weighted by molar-refractivity contribution is -0.131. The van der Waals surface area contributed by atoms with Crippen LogP contribution in [0, 0.1) is 0 Å². The number of carbonyl (C=O) groups is 2. The number of hydrogen-bond donors (Lipinski definition) is 1. The van der Waals surface area contributed by atoms with Crippen LogP contribution in [0.15, 0.2) is 90.0 Å². The molecular weight excluding hydrogens is 402 g/mol. The first-order valence-electron chi connectivity index (χ1n) is 10.1. The van der Waals surface area contributed by atoms with Crippen LogP contribution in [0.4, 0.5) is 0 Å². The molecule has 158 valence electrons. The third-order valence-electron chi connectivity index (χ3n) is 4.89. The van der Waals surface area contributed by atoms with E-state index in [0.29, 0.717) is 17.0 Å². The molecule has 4 aromatic rings. The lowest BCUT2D eigenvalue weighted by Gasteiger charge is -2.09. The maximum Gasteiger partial charge on any atom is 0.308 e. The van der Waals surface area contributed by atoms with E-state index in [2.05, 4.69) is 10.5 Å². The number of rotatable bonds is 5. The molecule has 0 aliphatic rings. The Morgan fingerprint density at radius 2 is 1.56 bits per heavy atom. The molecule has 0 aliphatic carbocycles. The Kier molecular flexibility index (Phi) is 6.03. The van der Waals surface area contributed by atoms with Crippen molar-refractivity contribution >= 4 is 28.5 Å². The number of esters is 1. The molecular formula is C26H21N3O3. The van der Waals surface area contributed by atoms with Crippen molar-refractivity contribution in [1.82, 2.24) is 10.4 Å². The molecule has 4 rings (SSSR count). The predicted molar refractivity (Wildman–Crippen MR) is 125 cm³/mol. The second-order valence-electron chi connectivity index (χ2n) is 7.19. The van der Waals surface area contributed by atoms with Crippen molar-refractivity contribution in [3.63, 3.8) is 0 Å². The first-order chi connectivity index (χ1) is 15.5. The Bertz CT molecular complexity index is 1310. The van der Waals surface area contributed by atoms with Crippen LogP contribution in [0.3, 0.4) is 0 Å². The van der Waals surface area contributed by atoms with Gasteiger partial charge in [0.15, 0.2) is 0 Å². The molecule has 0 radical (unpaired) electrons. The molecule has 0 bridgehead atoms. The van der Waals surface area contributed by atoms with Gasteiger partial charge in [0.2, 0.25) is 0 Å². The summed E-state index contributed by atoms with van der Waals surface area (Å²) in [7, 11) is 0. The van der Waals surface area contributed by atoms with Crippen LogP contribution >= 0.6 is 0 Å². The van der Waals surface area contributed by atoms with Gasteiger partial charge in [0, 0.05) is 17.9 Å². The zero-order valence-electron chi connectivity index (χ0n) is 17.7. The van der Waals surface area contributed by atoms with Gasteiger partial charge in [0.05, 0.1) is 22.5 Å². The average molecular weight is 423 g/mol.